The first-order valence-corrected chi connectivity index (χ1v) is 6.14. The summed E-state index contributed by atoms with van der Waals surface area (Å²) in [5.74, 6) is 1.09. The highest BCUT2D eigenvalue weighted by Gasteiger charge is 2.19. The standard InChI is InChI=1S/C13H20N2O/c1-12-4-10-15(11-5-12)13(16)6-9-14-7-2-3-8-14/h2-3,7-8,12H,4-6,9-11H2,1H3. The number of hydrogen-bond acceptors (Lipinski definition) is 1. The zero-order valence-corrected chi connectivity index (χ0v) is 9.93. The maximum absolute atomic E-state index is 11.9. The first kappa shape index (κ1) is 11.2. The normalized spacial score (nSPS) is 17.7. The fourth-order valence-electron chi connectivity index (χ4n) is 2.16. The van der Waals surface area contributed by atoms with Gasteiger partial charge in [-0.3, -0.25) is 4.79 Å². The van der Waals surface area contributed by atoms with Gasteiger partial charge in [-0.2, -0.15) is 0 Å². The van der Waals surface area contributed by atoms with Gasteiger partial charge >= 0.3 is 0 Å². The molecule has 0 aromatic carbocycles. The van der Waals surface area contributed by atoms with Gasteiger partial charge in [0, 0.05) is 38.4 Å². The minimum atomic E-state index is 0.306. The van der Waals surface area contributed by atoms with Crippen LogP contribution < -0.4 is 0 Å². The van der Waals surface area contributed by atoms with Gasteiger partial charge < -0.3 is 9.47 Å². The lowest BCUT2D eigenvalue weighted by Crippen LogP contribution is -2.38. The number of carbonyl (C=O) groups excluding carboxylic acids is 1. The van der Waals surface area contributed by atoms with Gasteiger partial charge in [0.2, 0.25) is 5.91 Å². The van der Waals surface area contributed by atoms with Crippen LogP contribution in [0.5, 0.6) is 0 Å². The zero-order chi connectivity index (χ0) is 11.4. The molecule has 0 spiro atoms. The second kappa shape index (κ2) is 5.19. The summed E-state index contributed by atoms with van der Waals surface area (Å²) in [5.41, 5.74) is 0. The lowest BCUT2D eigenvalue weighted by atomic mass is 9.99. The Bertz CT molecular complexity index is 324. The third kappa shape index (κ3) is 2.87. The van der Waals surface area contributed by atoms with Gasteiger partial charge in [0.1, 0.15) is 0 Å². The number of rotatable bonds is 3. The summed E-state index contributed by atoms with van der Waals surface area (Å²) in [6, 6.07) is 3.99. The summed E-state index contributed by atoms with van der Waals surface area (Å²) in [6.07, 6.45) is 6.96. The molecule has 2 rings (SSSR count). The molecule has 0 saturated carbocycles. The molecule has 1 aromatic rings. The zero-order valence-electron chi connectivity index (χ0n) is 9.93. The number of amides is 1. The maximum atomic E-state index is 11.9. The highest BCUT2D eigenvalue weighted by Crippen LogP contribution is 2.16. The molecule has 1 aromatic heterocycles. The van der Waals surface area contributed by atoms with Gasteiger partial charge in [0.25, 0.3) is 0 Å². The third-order valence-electron chi connectivity index (χ3n) is 3.39. The Morgan fingerprint density at radius 1 is 1.25 bits per heavy atom. The van der Waals surface area contributed by atoms with Gasteiger partial charge in [0.15, 0.2) is 0 Å². The lowest BCUT2D eigenvalue weighted by Gasteiger charge is -2.30. The van der Waals surface area contributed by atoms with E-state index in [1.54, 1.807) is 0 Å². The number of piperidine rings is 1. The van der Waals surface area contributed by atoms with E-state index in [1.165, 1.54) is 0 Å². The average molecular weight is 220 g/mol. The minimum absolute atomic E-state index is 0.306. The van der Waals surface area contributed by atoms with Crippen LogP contribution in [0, 0.1) is 5.92 Å². The number of nitrogens with zero attached hydrogens (tertiary/aromatic N) is 2. The number of carbonyl (C=O) groups is 1. The average Bonchev–Trinajstić information content (AvgIpc) is 2.80. The van der Waals surface area contributed by atoms with E-state index in [4.69, 9.17) is 0 Å². The van der Waals surface area contributed by atoms with E-state index in [0.717, 1.165) is 38.4 Å². The van der Waals surface area contributed by atoms with E-state index >= 15 is 0 Å². The Morgan fingerprint density at radius 2 is 1.88 bits per heavy atom. The van der Waals surface area contributed by atoms with Gasteiger partial charge in [-0.25, -0.2) is 0 Å². The van der Waals surface area contributed by atoms with E-state index in [1.807, 2.05) is 29.4 Å². The fourth-order valence-corrected chi connectivity index (χ4v) is 2.16. The molecular weight excluding hydrogens is 200 g/mol. The molecule has 1 aliphatic heterocycles. The Labute approximate surface area is 97.1 Å². The van der Waals surface area contributed by atoms with E-state index < -0.39 is 0 Å². The van der Waals surface area contributed by atoms with Crippen LogP contribution >= 0.6 is 0 Å². The molecule has 0 unspecified atom stereocenters. The Kier molecular flexibility index (Phi) is 3.65. The summed E-state index contributed by atoms with van der Waals surface area (Å²) in [6.45, 7) is 4.97. The highest BCUT2D eigenvalue weighted by atomic mass is 16.2. The number of likely N-dealkylation sites (tertiary alicyclic amines) is 1. The maximum Gasteiger partial charge on any atom is 0.224 e. The van der Waals surface area contributed by atoms with Crippen LogP contribution in [0.3, 0.4) is 0 Å². The van der Waals surface area contributed by atoms with E-state index in [0.29, 0.717) is 12.3 Å². The van der Waals surface area contributed by atoms with Crippen LogP contribution in [0.1, 0.15) is 26.2 Å². The number of aromatic nitrogens is 1. The number of aryl methyl sites for hydroxylation is 1. The van der Waals surface area contributed by atoms with Gasteiger partial charge in [0.05, 0.1) is 0 Å². The molecule has 88 valence electrons. The van der Waals surface area contributed by atoms with Crippen LogP contribution in [0.15, 0.2) is 24.5 Å². The second-order valence-corrected chi connectivity index (χ2v) is 4.73. The summed E-state index contributed by atoms with van der Waals surface area (Å²) in [4.78, 5) is 13.9. The fraction of sp³-hybridized carbons (Fsp3) is 0.615. The molecule has 1 saturated heterocycles. The third-order valence-corrected chi connectivity index (χ3v) is 3.39. The van der Waals surface area contributed by atoms with Crippen LogP contribution in [-0.2, 0) is 11.3 Å². The Balaban J connectivity index is 1.75. The van der Waals surface area contributed by atoms with Gasteiger partial charge in [-0.1, -0.05) is 6.92 Å². The van der Waals surface area contributed by atoms with Crippen molar-refractivity contribution >= 4 is 5.91 Å². The van der Waals surface area contributed by atoms with Crippen molar-refractivity contribution in [1.82, 2.24) is 9.47 Å². The molecule has 1 fully saturated rings. The van der Waals surface area contributed by atoms with Crippen LogP contribution in [0.2, 0.25) is 0 Å². The Morgan fingerprint density at radius 3 is 2.50 bits per heavy atom. The van der Waals surface area contributed by atoms with E-state index in [-0.39, 0.29) is 0 Å². The van der Waals surface area contributed by atoms with Crippen molar-refractivity contribution in [2.24, 2.45) is 5.92 Å². The largest absolute Gasteiger partial charge is 0.354 e. The molecule has 0 bridgehead atoms. The smallest absolute Gasteiger partial charge is 0.224 e. The topological polar surface area (TPSA) is 25.2 Å². The first-order valence-electron chi connectivity index (χ1n) is 6.14. The monoisotopic (exact) mass is 220 g/mol. The molecule has 0 radical (unpaired) electrons. The predicted octanol–water partition coefficient (Wildman–Crippen LogP) is 2.14. The second-order valence-electron chi connectivity index (χ2n) is 4.73. The van der Waals surface area contributed by atoms with Crippen molar-refractivity contribution in [3.8, 4) is 0 Å². The minimum Gasteiger partial charge on any atom is -0.354 e. The van der Waals surface area contributed by atoms with Crippen LogP contribution in [0.25, 0.3) is 0 Å². The molecule has 1 aliphatic rings. The van der Waals surface area contributed by atoms with Crippen molar-refractivity contribution in [2.45, 2.75) is 32.7 Å². The summed E-state index contributed by atoms with van der Waals surface area (Å²) < 4.78 is 2.06. The molecule has 2 heterocycles. The van der Waals surface area contributed by atoms with Gasteiger partial charge in [-0.05, 0) is 30.9 Å². The Hall–Kier alpha value is -1.25. The van der Waals surface area contributed by atoms with Crippen molar-refractivity contribution in [3.05, 3.63) is 24.5 Å². The number of hydrogen-bond donors (Lipinski definition) is 0. The van der Waals surface area contributed by atoms with Crippen molar-refractivity contribution in [3.63, 3.8) is 0 Å². The van der Waals surface area contributed by atoms with Crippen molar-refractivity contribution in [2.75, 3.05) is 13.1 Å². The predicted molar refractivity (Wildman–Crippen MR) is 64.0 cm³/mol. The molecule has 3 heteroatoms. The van der Waals surface area contributed by atoms with E-state index in [9.17, 15) is 4.79 Å². The molecule has 3 nitrogen and oxygen atoms in total. The van der Waals surface area contributed by atoms with Crippen molar-refractivity contribution in [1.29, 1.82) is 0 Å². The molecule has 0 atom stereocenters. The van der Waals surface area contributed by atoms with Crippen LogP contribution in [0.4, 0.5) is 0 Å². The van der Waals surface area contributed by atoms with Crippen molar-refractivity contribution < 1.29 is 4.79 Å². The highest BCUT2D eigenvalue weighted by molar-refractivity contribution is 5.76. The molecule has 1 amide bonds. The van der Waals surface area contributed by atoms with Gasteiger partial charge in [-0.15, -0.1) is 0 Å². The lowest BCUT2D eigenvalue weighted by molar-refractivity contribution is -0.132. The SMILES string of the molecule is CC1CCN(C(=O)CCn2cccc2)CC1. The molecule has 16 heavy (non-hydrogen) atoms. The molecule has 0 aliphatic carbocycles. The molecule has 0 N–H and O–H groups in total. The van der Waals surface area contributed by atoms with Crippen LogP contribution in [-0.4, -0.2) is 28.5 Å². The first-order chi connectivity index (χ1) is 7.75. The summed E-state index contributed by atoms with van der Waals surface area (Å²) in [5, 5.41) is 0. The summed E-state index contributed by atoms with van der Waals surface area (Å²) in [7, 11) is 0. The van der Waals surface area contributed by atoms with E-state index in [2.05, 4.69) is 11.5 Å². The molecular formula is C13H20N2O. The summed E-state index contributed by atoms with van der Waals surface area (Å²) >= 11 is 0. The quantitative estimate of drug-likeness (QED) is 0.766.